The maximum Gasteiger partial charge on any atom is 0.511 e. The summed E-state index contributed by atoms with van der Waals surface area (Å²) in [7, 11) is 0. The summed E-state index contributed by atoms with van der Waals surface area (Å²) in [4.78, 5) is 21.8. The average Bonchev–Trinajstić information content (AvgIpc) is 2.50. The third kappa shape index (κ3) is 2.26. The predicted octanol–water partition coefficient (Wildman–Crippen LogP) is 2.77. The number of hydrogen-bond acceptors (Lipinski definition) is 5. The molecule has 6 heteroatoms. The van der Waals surface area contributed by atoms with E-state index in [2.05, 4.69) is 0 Å². The Morgan fingerprint density at radius 1 is 0.773 bits per heavy atom. The zero-order valence-electron chi connectivity index (χ0n) is 11.1. The molecule has 0 radical (unpaired) electrons. The second-order valence-electron chi connectivity index (χ2n) is 4.47. The van der Waals surface area contributed by atoms with Crippen LogP contribution in [0.25, 0.3) is 21.5 Å². The molecule has 0 bridgehead atoms. The Bertz CT molecular complexity index is 769. The first-order valence-corrected chi connectivity index (χ1v) is 6.31. The van der Waals surface area contributed by atoms with E-state index in [0.717, 1.165) is 0 Å². The Labute approximate surface area is 124 Å². The van der Waals surface area contributed by atoms with Crippen molar-refractivity contribution < 1.29 is 29.3 Å². The lowest BCUT2D eigenvalue weighted by atomic mass is 10.0. The maximum absolute atomic E-state index is 11.0. The monoisotopic (exact) mass is 297 g/mol. The predicted molar refractivity (Wildman–Crippen MR) is 76.1 cm³/mol. The summed E-state index contributed by atoms with van der Waals surface area (Å²) in [6, 6.07) is 13.2. The van der Waals surface area contributed by atoms with Gasteiger partial charge in [0.2, 0.25) is 0 Å². The molecular formula is C16H9O6-. The highest BCUT2D eigenvalue weighted by atomic mass is 16.7. The highest BCUT2D eigenvalue weighted by Gasteiger charge is 2.16. The first-order chi connectivity index (χ1) is 10.6. The third-order valence-electron chi connectivity index (χ3n) is 3.21. The molecule has 0 heterocycles. The van der Waals surface area contributed by atoms with Crippen molar-refractivity contribution >= 4 is 33.9 Å². The van der Waals surface area contributed by atoms with Crippen LogP contribution in [0, 0.1) is 0 Å². The molecule has 0 aliphatic carbocycles. The van der Waals surface area contributed by atoms with Crippen molar-refractivity contribution in [2.24, 2.45) is 0 Å². The van der Waals surface area contributed by atoms with Crippen molar-refractivity contribution in [2.45, 2.75) is 0 Å². The van der Waals surface area contributed by atoms with Crippen LogP contribution in [0.15, 0.2) is 48.5 Å². The van der Waals surface area contributed by atoms with E-state index in [-0.39, 0.29) is 11.5 Å². The van der Waals surface area contributed by atoms with Crippen LogP contribution < -0.4 is 14.6 Å². The highest BCUT2D eigenvalue weighted by Crippen LogP contribution is 2.42. The summed E-state index contributed by atoms with van der Waals surface area (Å²) >= 11 is 0. The maximum atomic E-state index is 11.0. The fraction of sp³-hybridized carbons (Fsp3) is 0. The Balaban J connectivity index is 2.47. The number of carboxylic acid groups (broad SMARTS) is 2. The molecule has 0 amide bonds. The van der Waals surface area contributed by atoms with Crippen molar-refractivity contribution in [3.05, 3.63) is 48.5 Å². The highest BCUT2D eigenvalue weighted by molar-refractivity contribution is 6.12. The van der Waals surface area contributed by atoms with E-state index in [1.165, 1.54) is 0 Å². The van der Waals surface area contributed by atoms with Gasteiger partial charge in [0.25, 0.3) is 6.16 Å². The van der Waals surface area contributed by atoms with E-state index in [0.29, 0.717) is 21.5 Å². The number of fused-ring (bicyclic) bond motifs is 2. The molecule has 110 valence electrons. The molecule has 0 aliphatic rings. The number of hydrogen-bond donors (Lipinski definition) is 1. The first kappa shape index (κ1) is 13.7. The van der Waals surface area contributed by atoms with Crippen LogP contribution in [0.4, 0.5) is 9.59 Å². The van der Waals surface area contributed by atoms with Crippen molar-refractivity contribution in [3.8, 4) is 11.5 Å². The quantitative estimate of drug-likeness (QED) is 0.444. The summed E-state index contributed by atoms with van der Waals surface area (Å²) in [5.74, 6) is 0.216. The molecule has 3 aromatic carbocycles. The summed E-state index contributed by atoms with van der Waals surface area (Å²) < 4.78 is 9.70. The van der Waals surface area contributed by atoms with E-state index in [4.69, 9.17) is 14.6 Å². The Morgan fingerprint density at radius 2 is 1.14 bits per heavy atom. The van der Waals surface area contributed by atoms with Crippen LogP contribution >= 0.6 is 0 Å². The standard InChI is InChI=1S/C16H10O6/c17-15(18)21-13-9-5-1-2-6-10(9)14(22-16(19)20)12-8-4-3-7-11(12)13/h1-8H,(H,17,18)(H,19,20)/p-1. The third-order valence-corrected chi connectivity index (χ3v) is 3.21. The van der Waals surface area contributed by atoms with E-state index in [1.54, 1.807) is 48.5 Å². The largest absolute Gasteiger partial charge is 0.513 e. The fourth-order valence-corrected chi connectivity index (χ4v) is 2.44. The van der Waals surface area contributed by atoms with Crippen LogP contribution in [-0.2, 0) is 0 Å². The smallest absolute Gasteiger partial charge is 0.511 e. The van der Waals surface area contributed by atoms with Crippen molar-refractivity contribution in [3.63, 3.8) is 0 Å². The summed E-state index contributed by atoms with van der Waals surface area (Å²) in [5.41, 5.74) is 0. The molecule has 0 aliphatic heterocycles. The Morgan fingerprint density at radius 3 is 1.45 bits per heavy atom. The molecule has 0 saturated heterocycles. The molecule has 0 saturated carbocycles. The zero-order valence-corrected chi connectivity index (χ0v) is 11.1. The molecule has 3 rings (SSSR count). The molecule has 0 unspecified atom stereocenters. The van der Waals surface area contributed by atoms with Gasteiger partial charge in [-0.15, -0.1) is 0 Å². The van der Waals surface area contributed by atoms with Crippen LogP contribution in [0.2, 0.25) is 0 Å². The number of rotatable bonds is 2. The number of benzene rings is 3. The lowest BCUT2D eigenvalue weighted by Gasteiger charge is -2.18. The molecule has 0 fully saturated rings. The van der Waals surface area contributed by atoms with Gasteiger partial charge in [0.15, 0.2) is 0 Å². The van der Waals surface area contributed by atoms with Crippen LogP contribution in [0.1, 0.15) is 0 Å². The Kier molecular flexibility index (Phi) is 3.27. The topological polar surface area (TPSA) is 95.9 Å². The van der Waals surface area contributed by atoms with Crippen LogP contribution in [-0.4, -0.2) is 17.4 Å². The Hall–Kier alpha value is -3.28. The minimum Gasteiger partial charge on any atom is -0.513 e. The minimum absolute atomic E-state index is 0.0870. The van der Waals surface area contributed by atoms with E-state index in [9.17, 15) is 14.7 Å². The lowest BCUT2D eigenvalue weighted by molar-refractivity contribution is -0.271. The van der Waals surface area contributed by atoms with Crippen molar-refractivity contribution in [1.29, 1.82) is 0 Å². The summed E-state index contributed by atoms with van der Waals surface area (Å²) in [5, 5.41) is 21.5. The number of carbonyl (C=O) groups excluding carboxylic acids is 1. The van der Waals surface area contributed by atoms with Crippen molar-refractivity contribution in [1.82, 2.24) is 0 Å². The minimum atomic E-state index is -1.69. The molecule has 3 aromatic rings. The van der Waals surface area contributed by atoms with E-state index in [1.807, 2.05) is 0 Å². The molecule has 6 nitrogen and oxygen atoms in total. The molecule has 0 atom stereocenters. The summed E-state index contributed by atoms with van der Waals surface area (Å²) in [6.07, 6.45) is -3.15. The first-order valence-electron chi connectivity index (χ1n) is 6.31. The van der Waals surface area contributed by atoms with Gasteiger partial charge in [-0.1, -0.05) is 48.5 Å². The number of ether oxygens (including phenoxy) is 2. The van der Waals surface area contributed by atoms with Gasteiger partial charge in [0.05, 0.1) is 5.75 Å². The van der Waals surface area contributed by atoms with Gasteiger partial charge in [0.1, 0.15) is 5.75 Å². The zero-order chi connectivity index (χ0) is 15.7. The van der Waals surface area contributed by atoms with Gasteiger partial charge >= 0.3 is 6.16 Å². The normalized spacial score (nSPS) is 10.5. The fourth-order valence-electron chi connectivity index (χ4n) is 2.44. The van der Waals surface area contributed by atoms with Crippen molar-refractivity contribution in [2.75, 3.05) is 0 Å². The summed E-state index contributed by atoms with van der Waals surface area (Å²) in [6.45, 7) is 0. The molecular weight excluding hydrogens is 288 g/mol. The van der Waals surface area contributed by atoms with Gasteiger partial charge in [-0.2, -0.15) is 0 Å². The molecule has 22 heavy (non-hydrogen) atoms. The van der Waals surface area contributed by atoms with Gasteiger partial charge < -0.3 is 24.5 Å². The van der Waals surface area contributed by atoms with Crippen LogP contribution in [0.3, 0.4) is 0 Å². The molecule has 0 spiro atoms. The molecule has 1 N–H and O–H groups in total. The van der Waals surface area contributed by atoms with Gasteiger partial charge in [-0.05, 0) is 0 Å². The van der Waals surface area contributed by atoms with Crippen LogP contribution in [0.5, 0.6) is 11.5 Å². The van der Waals surface area contributed by atoms with Gasteiger partial charge in [-0.25, -0.2) is 4.79 Å². The number of carbonyl (C=O) groups is 2. The second-order valence-corrected chi connectivity index (χ2v) is 4.47. The van der Waals surface area contributed by atoms with Gasteiger partial charge in [0, 0.05) is 21.5 Å². The average molecular weight is 297 g/mol. The SMILES string of the molecule is O=C([O-])Oc1c2ccccc2c(OC(=O)O)c2ccccc12. The second kappa shape index (κ2) is 5.25. The van der Waals surface area contributed by atoms with Gasteiger partial charge in [-0.3, -0.25) is 0 Å². The van der Waals surface area contributed by atoms with E-state index >= 15 is 0 Å². The lowest BCUT2D eigenvalue weighted by Crippen LogP contribution is -2.26. The van der Waals surface area contributed by atoms with E-state index < -0.39 is 12.3 Å². The molecule has 0 aromatic heterocycles.